The van der Waals surface area contributed by atoms with Crippen molar-refractivity contribution < 1.29 is 27.4 Å². The first-order chi connectivity index (χ1) is 23.7. The van der Waals surface area contributed by atoms with Crippen LogP contribution in [0.2, 0.25) is 0 Å². The summed E-state index contributed by atoms with van der Waals surface area (Å²) in [5.74, 6) is -0.910. The number of rotatable bonds is 7. The first-order valence-corrected chi connectivity index (χ1v) is 17.5. The van der Waals surface area contributed by atoms with Crippen LogP contribution in [0.15, 0.2) is 76.7 Å². The minimum Gasteiger partial charge on any atom is -0.444 e. The van der Waals surface area contributed by atoms with E-state index in [4.69, 9.17) is 4.74 Å². The Labute approximate surface area is 286 Å². The number of aliphatic hydroxyl groups excluding tert-OH is 1. The van der Waals surface area contributed by atoms with E-state index in [-0.39, 0.29) is 40.1 Å². The van der Waals surface area contributed by atoms with Crippen LogP contribution < -0.4 is 11.0 Å². The molecule has 1 aliphatic carbocycles. The Morgan fingerprint density at radius 3 is 2.46 bits per heavy atom. The average molecular weight is 702 g/mol. The third kappa shape index (κ3) is 5.55. The van der Waals surface area contributed by atoms with Crippen molar-refractivity contribution >= 4 is 38.2 Å². The van der Waals surface area contributed by atoms with Crippen molar-refractivity contribution in [2.75, 3.05) is 0 Å². The van der Waals surface area contributed by atoms with E-state index in [0.717, 1.165) is 3.97 Å². The van der Waals surface area contributed by atoms with E-state index < -0.39 is 33.8 Å². The Bertz CT molecular complexity index is 2470. The molecule has 0 unspecified atom stereocenters. The highest BCUT2D eigenvalue weighted by atomic mass is 32.2. The van der Waals surface area contributed by atoms with Gasteiger partial charge in [-0.15, -0.1) is 5.10 Å². The Hall–Kier alpha value is -5.28. The predicted molar refractivity (Wildman–Crippen MR) is 184 cm³/mol. The summed E-state index contributed by atoms with van der Waals surface area (Å²) in [6.45, 7) is 5.35. The molecule has 1 aliphatic rings. The molecular formula is C35H36FN7O6S. The van der Waals surface area contributed by atoms with Crippen LogP contribution >= 0.6 is 0 Å². The van der Waals surface area contributed by atoms with Gasteiger partial charge >= 0.3 is 11.8 Å². The molecule has 260 valence electrons. The van der Waals surface area contributed by atoms with Gasteiger partial charge in [-0.2, -0.15) is 4.39 Å². The van der Waals surface area contributed by atoms with Gasteiger partial charge in [0.15, 0.2) is 5.65 Å². The van der Waals surface area contributed by atoms with Crippen molar-refractivity contribution in [3.63, 3.8) is 0 Å². The van der Waals surface area contributed by atoms with Crippen LogP contribution in [0.1, 0.15) is 45.2 Å². The Morgan fingerprint density at radius 1 is 1.10 bits per heavy atom. The maximum Gasteiger partial charge on any atom is 0.407 e. The van der Waals surface area contributed by atoms with Gasteiger partial charge in [0.25, 0.3) is 10.0 Å². The van der Waals surface area contributed by atoms with E-state index in [9.17, 15) is 23.1 Å². The minimum atomic E-state index is -4.45. The molecule has 2 N–H and O–H groups in total. The Kier molecular flexibility index (Phi) is 7.94. The second-order valence-electron chi connectivity index (χ2n) is 13.6. The summed E-state index contributed by atoms with van der Waals surface area (Å²) in [6, 6.07) is 14.4. The maximum atomic E-state index is 15.9. The summed E-state index contributed by atoms with van der Waals surface area (Å²) in [5, 5.41) is 17.2. The fraction of sp³-hybridized carbons (Fsp3) is 0.314. The van der Waals surface area contributed by atoms with Gasteiger partial charge in [0.2, 0.25) is 5.95 Å². The standard InChI is InChI=1S/C35H36FN7O6S/c1-35(2,3)49-33(45)38-17-20-10-9-11-21(14-20)27-28-30-26(41(5)34(46)42(30)22-15-23(44)16-22)18-37-32(28)43(29(27)25-19-40(4)39-31(25)36)50(47,48)24-12-7-6-8-13-24/h6-14,18-19,22-23,44H,15-17H2,1-5H3,(H,38,45). The molecule has 0 spiro atoms. The van der Waals surface area contributed by atoms with Crippen LogP contribution in [-0.2, 0) is 35.4 Å². The molecule has 0 radical (unpaired) electrons. The smallest absolute Gasteiger partial charge is 0.407 e. The first kappa shape index (κ1) is 33.2. The highest BCUT2D eigenvalue weighted by Gasteiger charge is 2.37. The number of fused-ring (bicyclic) bond motifs is 3. The van der Waals surface area contributed by atoms with Crippen LogP contribution in [-0.4, -0.2) is 59.2 Å². The SMILES string of the molecule is Cn1cc(-c2c(-c3cccc(CNC(=O)OC(C)(C)C)c3)c3c(ncc4c3n(C3CC(O)C3)c(=O)n4C)n2S(=O)(=O)c2ccccc2)c(F)n1. The van der Waals surface area contributed by atoms with E-state index in [1.165, 1.54) is 40.8 Å². The fourth-order valence-electron chi connectivity index (χ4n) is 6.55. The number of amides is 1. The number of aliphatic hydroxyl groups is 1. The maximum absolute atomic E-state index is 15.9. The van der Waals surface area contributed by atoms with E-state index >= 15 is 4.39 Å². The number of nitrogens with zero attached hydrogens (tertiary/aromatic N) is 6. The number of hydrogen-bond donors (Lipinski definition) is 2. The molecule has 1 fully saturated rings. The number of carbonyl (C=O) groups excluding carboxylic acids is 1. The predicted octanol–water partition coefficient (Wildman–Crippen LogP) is 4.85. The van der Waals surface area contributed by atoms with Gasteiger partial charge in [-0.05, 0) is 62.9 Å². The van der Waals surface area contributed by atoms with Gasteiger partial charge < -0.3 is 15.2 Å². The lowest BCUT2D eigenvalue weighted by Gasteiger charge is -2.32. The topological polar surface area (TPSA) is 155 Å². The third-order valence-corrected chi connectivity index (χ3v) is 10.5. The first-order valence-electron chi connectivity index (χ1n) is 16.0. The van der Waals surface area contributed by atoms with E-state index in [0.29, 0.717) is 46.0 Å². The number of aryl methyl sites for hydroxylation is 2. The lowest BCUT2D eigenvalue weighted by Crippen LogP contribution is -2.36. The molecule has 1 saturated carbocycles. The van der Waals surface area contributed by atoms with Gasteiger partial charge in [0, 0.05) is 38.4 Å². The minimum absolute atomic E-state index is 0.0221. The molecule has 0 aliphatic heterocycles. The monoisotopic (exact) mass is 701 g/mol. The summed E-state index contributed by atoms with van der Waals surface area (Å²) < 4.78 is 56.0. The number of benzene rings is 2. The van der Waals surface area contributed by atoms with Gasteiger partial charge in [0.05, 0.1) is 44.9 Å². The molecule has 1 amide bonds. The molecule has 0 atom stereocenters. The van der Waals surface area contributed by atoms with E-state index in [1.54, 1.807) is 74.9 Å². The highest BCUT2D eigenvalue weighted by Crippen LogP contribution is 2.46. The number of halogens is 1. The number of carbonyl (C=O) groups is 1. The average Bonchev–Trinajstić information content (AvgIpc) is 3.66. The largest absolute Gasteiger partial charge is 0.444 e. The lowest BCUT2D eigenvalue weighted by molar-refractivity contribution is 0.0486. The zero-order valence-electron chi connectivity index (χ0n) is 28.1. The van der Waals surface area contributed by atoms with Gasteiger partial charge in [-0.1, -0.05) is 36.4 Å². The van der Waals surface area contributed by atoms with Crippen molar-refractivity contribution in [2.24, 2.45) is 14.1 Å². The van der Waals surface area contributed by atoms with Crippen LogP contribution in [0.5, 0.6) is 0 Å². The molecule has 0 saturated heterocycles. The number of ether oxygens (including phenoxy) is 1. The summed E-state index contributed by atoms with van der Waals surface area (Å²) in [4.78, 5) is 30.9. The van der Waals surface area contributed by atoms with Gasteiger partial charge in [-0.3, -0.25) is 13.8 Å². The van der Waals surface area contributed by atoms with Crippen LogP contribution in [0.3, 0.4) is 0 Å². The molecule has 0 bridgehead atoms. The summed E-state index contributed by atoms with van der Waals surface area (Å²) in [6.07, 6.45) is 2.30. The number of pyridine rings is 1. The molecule has 15 heteroatoms. The Morgan fingerprint density at radius 2 is 1.82 bits per heavy atom. The van der Waals surface area contributed by atoms with Gasteiger partial charge in [-0.25, -0.2) is 27.0 Å². The molecule has 6 aromatic rings. The molecule has 13 nitrogen and oxygen atoms in total. The molecule has 4 heterocycles. The van der Waals surface area contributed by atoms with Crippen molar-refractivity contribution in [1.82, 2.24) is 33.2 Å². The van der Waals surface area contributed by atoms with Crippen molar-refractivity contribution in [2.45, 2.75) is 62.8 Å². The van der Waals surface area contributed by atoms with Crippen molar-refractivity contribution in [3.8, 4) is 22.4 Å². The number of aromatic nitrogens is 6. The number of hydrogen-bond acceptors (Lipinski definition) is 8. The number of nitrogens with one attached hydrogen (secondary N) is 1. The Balaban J connectivity index is 1.59. The summed E-state index contributed by atoms with van der Waals surface area (Å²) in [7, 11) is -1.32. The van der Waals surface area contributed by atoms with Crippen LogP contribution in [0, 0.1) is 5.95 Å². The molecule has 50 heavy (non-hydrogen) atoms. The van der Waals surface area contributed by atoms with Crippen molar-refractivity contribution in [1.29, 1.82) is 0 Å². The molecule has 2 aromatic carbocycles. The van der Waals surface area contributed by atoms with Crippen LogP contribution in [0.25, 0.3) is 44.5 Å². The quantitative estimate of drug-likeness (QED) is 0.239. The third-order valence-electron chi connectivity index (χ3n) is 8.81. The van der Waals surface area contributed by atoms with E-state index in [1.807, 2.05) is 0 Å². The summed E-state index contributed by atoms with van der Waals surface area (Å²) >= 11 is 0. The van der Waals surface area contributed by atoms with Gasteiger partial charge in [0.1, 0.15) is 5.60 Å². The molecule has 4 aromatic heterocycles. The fourth-order valence-corrected chi connectivity index (χ4v) is 8.06. The highest BCUT2D eigenvalue weighted by molar-refractivity contribution is 7.90. The van der Waals surface area contributed by atoms with Crippen molar-refractivity contribution in [3.05, 3.63) is 89.0 Å². The zero-order chi connectivity index (χ0) is 35.7. The second kappa shape index (κ2) is 11.9. The number of alkyl carbamates (subject to hydrolysis) is 1. The number of imidazole rings is 1. The normalized spacial score (nSPS) is 16.5. The van der Waals surface area contributed by atoms with Crippen LogP contribution in [0.4, 0.5) is 9.18 Å². The summed E-state index contributed by atoms with van der Waals surface area (Å²) in [5.41, 5.74) is 1.02. The zero-order valence-corrected chi connectivity index (χ0v) is 28.9. The molecule has 7 rings (SSSR count). The lowest BCUT2D eigenvalue weighted by atomic mass is 9.89. The van der Waals surface area contributed by atoms with E-state index in [2.05, 4.69) is 15.4 Å². The molecular weight excluding hydrogens is 665 g/mol. The second-order valence-corrected chi connectivity index (χ2v) is 15.3.